The molecule has 0 saturated carbocycles. The van der Waals surface area contributed by atoms with Crippen molar-refractivity contribution in [3.8, 4) is 16.9 Å². The van der Waals surface area contributed by atoms with Crippen LogP contribution in [0.1, 0.15) is 67.2 Å². The van der Waals surface area contributed by atoms with Crippen LogP contribution in [0.4, 0.5) is 0 Å². The number of methoxy groups -OCH3 is 2. The second kappa shape index (κ2) is 12.1. The first-order valence-electron chi connectivity index (χ1n) is 10.9. The van der Waals surface area contributed by atoms with Gasteiger partial charge in [-0.2, -0.15) is 0 Å². The summed E-state index contributed by atoms with van der Waals surface area (Å²) in [5, 5.41) is 0. The number of hydrogen-bond acceptors (Lipinski definition) is 5. The van der Waals surface area contributed by atoms with Crippen LogP contribution in [0.2, 0.25) is 0 Å². The fourth-order valence-electron chi connectivity index (χ4n) is 3.44. The quantitative estimate of drug-likeness (QED) is 0.403. The standard InChI is InChI=1S/C26H34O5/c1-18(2)7-6-8-19(3)15-16-31-22-12-9-20(10-13-22)24-17-21(25(27)29-4)11-14-23(24)26(28)30-5/h9-14,17-19H,6-8,15-16H2,1-5H3. The van der Waals surface area contributed by atoms with Crippen LogP contribution in [-0.2, 0) is 9.47 Å². The SMILES string of the molecule is COC(=O)c1ccc(C(=O)OC)c(-c2ccc(OCCC(C)CCCC(C)C)cc2)c1. The highest BCUT2D eigenvalue weighted by molar-refractivity contribution is 6.00. The van der Waals surface area contributed by atoms with Crippen molar-refractivity contribution < 1.29 is 23.8 Å². The van der Waals surface area contributed by atoms with Gasteiger partial charge in [0.15, 0.2) is 0 Å². The summed E-state index contributed by atoms with van der Waals surface area (Å²) in [7, 11) is 2.66. The van der Waals surface area contributed by atoms with E-state index in [0.29, 0.717) is 29.2 Å². The van der Waals surface area contributed by atoms with Gasteiger partial charge in [-0.15, -0.1) is 0 Å². The molecule has 0 aliphatic carbocycles. The lowest BCUT2D eigenvalue weighted by Crippen LogP contribution is -2.07. The van der Waals surface area contributed by atoms with Crippen LogP contribution >= 0.6 is 0 Å². The molecule has 0 aromatic heterocycles. The lowest BCUT2D eigenvalue weighted by Gasteiger charge is -2.14. The summed E-state index contributed by atoms with van der Waals surface area (Å²) in [6.07, 6.45) is 4.79. The fraction of sp³-hybridized carbons (Fsp3) is 0.462. The van der Waals surface area contributed by atoms with Crippen LogP contribution in [-0.4, -0.2) is 32.8 Å². The maximum absolute atomic E-state index is 12.2. The van der Waals surface area contributed by atoms with Gasteiger partial charge in [-0.05, 0) is 59.7 Å². The molecule has 0 saturated heterocycles. The van der Waals surface area contributed by atoms with Crippen molar-refractivity contribution in [1.29, 1.82) is 0 Å². The van der Waals surface area contributed by atoms with E-state index in [9.17, 15) is 9.59 Å². The Labute approximate surface area is 185 Å². The third-order valence-corrected chi connectivity index (χ3v) is 5.37. The molecule has 2 rings (SSSR count). The first-order valence-corrected chi connectivity index (χ1v) is 10.9. The van der Waals surface area contributed by atoms with Crippen LogP contribution in [0.25, 0.3) is 11.1 Å². The number of carbonyl (C=O) groups excluding carboxylic acids is 2. The summed E-state index contributed by atoms with van der Waals surface area (Å²) in [6.45, 7) is 7.47. The van der Waals surface area contributed by atoms with Gasteiger partial charge in [0.05, 0.1) is 32.0 Å². The maximum Gasteiger partial charge on any atom is 0.338 e. The number of ether oxygens (including phenoxy) is 3. The summed E-state index contributed by atoms with van der Waals surface area (Å²) in [5.41, 5.74) is 2.16. The van der Waals surface area contributed by atoms with E-state index in [0.717, 1.165) is 23.7 Å². The Morgan fingerprint density at radius 3 is 2.13 bits per heavy atom. The van der Waals surface area contributed by atoms with E-state index in [1.165, 1.54) is 33.5 Å². The average Bonchev–Trinajstić information content (AvgIpc) is 2.77. The molecule has 0 aliphatic rings. The van der Waals surface area contributed by atoms with Crippen molar-refractivity contribution in [3.05, 3.63) is 53.6 Å². The van der Waals surface area contributed by atoms with Gasteiger partial charge in [0.2, 0.25) is 0 Å². The zero-order valence-electron chi connectivity index (χ0n) is 19.3. The van der Waals surface area contributed by atoms with E-state index < -0.39 is 11.9 Å². The minimum absolute atomic E-state index is 0.372. The molecule has 2 aromatic rings. The Hall–Kier alpha value is -2.82. The van der Waals surface area contributed by atoms with Crippen LogP contribution < -0.4 is 4.74 Å². The van der Waals surface area contributed by atoms with Crippen molar-refractivity contribution in [2.75, 3.05) is 20.8 Å². The number of rotatable bonds is 11. The first kappa shape index (κ1) is 24.4. The Kier molecular flexibility index (Phi) is 9.57. The second-order valence-electron chi connectivity index (χ2n) is 8.33. The molecular weight excluding hydrogens is 392 g/mol. The van der Waals surface area contributed by atoms with Crippen molar-refractivity contribution in [2.24, 2.45) is 11.8 Å². The Balaban J connectivity index is 2.05. The van der Waals surface area contributed by atoms with Gasteiger partial charge in [-0.1, -0.05) is 52.2 Å². The Bertz CT molecular complexity index is 855. The molecule has 0 heterocycles. The third-order valence-electron chi connectivity index (χ3n) is 5.37. The highest BCUT2D eigenvalue weighted by Gasteiger charge is 2.17. The number of hydrogen-bond donors (Lipinski definition) is 0. The molecule has 0 amide bonds. The van der Waals surface area contributed by atoms with Gasteiger partial charge in [0.1, 0.15) is 5.75 Å². The van der Waals surface area contributed by atoms with Crippen LogP contribution in [0.3, 0.4) is 0 Å². The largest absolute Gasteiger partial charge is 0.494 e. The molecule has 0 spiro atoms. The highest BCUT2D eigenvalue weighted by atomic mass is 16.5. The monoisotopic (exact) mass is 426 g/mol. The van der Waals surface area contributed by atoms with Crippen molar-refractivity contribution >= 4 is 11.9 Å². The molecule has 5 nitrogen and oxygen atoms in total. The molecule has 0 radical (unpaired) electrons. The molecule has 0 fully saturated rings. The minimum Gasteiger partial charge on any atom is -0.494 e. The van der Waals surface area contributed by atoms with Crippen molar-refractivity contribution in [3.63, 3.8) is 0 Å². The molecule has 1 unspecified atom stereocenters. The summed E-state index contributed by atoms with van der Waals surface area (Å²) < 4.78 is 15.6. The zero-order chi connectivity index (χ0) is 22.8. The van der Waals surface area contributed by atoms with Gasteiger partial charge < -0.3 is 14.2 Å². The number of benzene rings is 2. The molecule has 0 N–H and O–H groups in total. The van der Waals surface area contributed by atoms with Crippen LogP contribution in [0.5, 0.6) is 5.75 Å². The summed E-state index contributed by atoms with van der Waals surface area (Å²) in [4.78, 5) is 24.1. The predicted molar refractivity (Wildman–Crippen MR) is 123 cm³/mol. The van der Waals surface area contributed by atoms with Gasteiger partial charge in [0.25, 0.3) is 0 Å². The zero-order valence-corrected chi connectivity index (χ0v) is 19.3. The molecule has 0 aliphatic heterocycles. The molecule has 31 heavy (non-hydrogen) atoms. The van der Waals surface area contributed by atoms with E-state index in [1.54, 1.807) is 18.2 Å². The minimum atomic E-state index is -0.460. The van der Waals surface area contributed by atoms with E-state index in [4.69, 9.17) is 14.2 Å². The van der Waals surface area contributed by atoms with E-state index in [1.807, 2.05) is 24.3 Å². The van der Waals surface area contributed by atoms with Gasteiger partial charge in [-0.3, -0.25) is 0 Å². The lowest BCUT2D eigenvalue weighted by atomic mass is 9.97. The third kappa shape index (κ3) is 7.42. The van der Waals surface area contributed by atoms with Crippen LogP contribution in [0.15, 0.2) is 42.5 Å². The van der Waals surface area contributed by atoms with E-state index >= 15 is 0 Å². The fourth-order valence-corrected chi connectivity index (χ4v) is 3.44. The van der Waals surface area contributed by atoms with Crippen LogP contribution in [0, 0.1) is 11.8 Å². The van der Waals surface area contributed by atoms with Crippen molar-refractivity contribution in [2.45, 2.75) is 46.5 Å². The van der Waals surface area contributed by atoms with Gasteiger partial charge in [0, 0.05) is 0 Å². The Morgan fingerprint density at radius 1 is 0.839 bits per heavy atom. The molecule has 1 atom stereocenters. The lowest BCUT2D eigenvalue weighted by molar-refractivity contribution is 0.0587. The molecule has 5 heteroatoms. The predicted octanol–water partition coefficient (Wildman–Crippen LogP) is 6.16. The molecular formula is C26H34O5. The van der Waals surface area contributed by atoms with Crippen molar-refractivity contribution in [1.82, 2.24) is 0 Å². The maximum atomic E-state index is 12.2. The highest BCUT2D eigenvalue weighted by Crippen LogP contribution is 2.28. The Morgan fingerprint density at radius 2 is 1.52 bits per heavy atom. The van der Waals surface area contributed by atoms with E-state index in [-0.39, 0.29) is 0 Å². The van der Waals surface area contributed by atoms with Gasteiger partial charge in [-0.25, -0.2) is 9.59 Å². The topological polar surface area (TPSA) is 61.8 Å². The molecule has 0 bridgehead atoms. The van der Waals surface area contributed by atoms with E-state index in [2.05, 4.69) is 20.8 Å². The van der Waals surface area contributed by atoms with Gasteiger partial charge >= 0.3 is 11.9 Å². The summed E-state index contributed by atoms with van der Waals surface area (Å²) in [6, 6.07) is 12.3. The molecule has 2 aromatic carbocycles. The normalized spacial score (nSPS) is 11.8. The summed E-state index contributed by atoms with van der Waals surface area (Å²) >= 11 is 0. The smallest absolute Gasteiger partial charge is 0.338 e. The average molecular weight is 427 g/mol. The second-order valence-corrected chi connectivity index (χ2v) is 8.33. The number of esters is 2. The summed E-state index contributed by atoms with van der Waals surface area (Å²) in [5.74, 6) is 1.26. The molecule has 168 valence electrons. The first-order chi connectivity index (χ1) is 14.8. The number of carbonyl (C=O) groups is 2.